The summed E-state index contributed by atoms with van der Waals surface area (Å²) in [6.07, 6.45) is 0. The first-order valence-electron chi connectivity index (χ1n) is 14.1. The van der Waals surface area contributed by atoms with Crippen molar-refractivity contribution in [3.05, 3.63) is 121 Å². The van der Waals surface area contributed by atoms with E-state index >= 15 is 0 Å². The molecular weight excluding hydrogens is 562 g/mol. The molecule has 10 fully saturated rings. The van der Waals surface area contributed by atoms with Crippen LogP contribution in [0.2, 0.25) is 38.5 Å². The molecule has 0 saturated carbocycles. The number of rotatable bonds is 6. The van der Waals surface area contributed by atoms with Crippen molar-refractivity contribution in [1.29, 1.82) is 0 Å². The summed E-state index contributed by atoms with van der Waals surface area (Å²) in [6.45, 7) is -3.82. The van der Waals surface area contributed by atoms with Crippen LogP contribution in [0.15, 0.2) is 121 Å². The van der Waals surface area contributed by atoms with Crippen LogP contribution in [-0.4, -0.2) is 8.11 Å². The molecule has 0 amide bonds. The topological polar surface area (TPSA) is 0 Å². The standard InChI is InChI=1S/2C17H14P.ClH.Fe/c2*1-3-9-15(10-4-1)18(17-13-7-8-14-17)16-11-5-2-6-12-16;;/h2*1-14H;1H;. The van der Waals surface area contributed by atoms with Crippen molar-refractivity contribution < 1.29 is 6.51 Å². The van der Waals surface area contributed by atoms with E-state index < -0.39 is 6.51 Å². The fourth-order valence-corrected chi connectivity index (χ4v) is 126. The fraction of sp³-hybridized carbons (Fsp3) is 0.294. The van der Waals surface area contributed by atoms with Crippen LogP contribution in [0.5, 0.6) is 0 Å². The first-order valence-corrected chi connectivity index (χ1v) is 23.0. The molecule has 14 rings (SSSR count). The number of benzene rings is 4. The molecule has 10 heterocycles. The molecule has 4 aromatic rings. The Balaban J connectivity index is 0.00000179. The summed E-state index contributed by atoms with van der Waals surface area (Å²) in [7, 11) is -0.505. The van der Waals surface area contributed by atoms with E-state index in [1.165, 1.54) is 38.5 Å². The van der Waals surface area contributed by atoms with Crippen LogP contribution in [-0.2, 0) is 6.51 Å². The Hall–Kier alpha value is -1.45. The van der Waals surface area contributed by atoms with E-state index in [0.717, 1.165) is 8.11 Å². The molecule has 38 heavy (non-hydrogen) atoms. The van der Waals surface area contributed by atoms with Gasteiger partial charge in [-0.25, -0.2) is 0 Å². The van der Waals surface area contributed by atoms with E-state index in [2.05, 4.69) is 121 Å². The summed E-state index contributed by atoms with van der Waals surface area (Å²) >= 11 is 0. The van der Waals surface area contributed by atoms with Gasteiger partial charge in [-0.2, -0.15) is 0 Å². The third-order valence-corrected chi connectivity index (χ3v) is 76.1. The van der Waals surface area contributed by atoms with Crippen LogP contribution >= 0.6 is 28.3 Å². The molecule has 0 nitrogen and oxygen atoms in total. The maximum atomic E-state index is 2.54. The van der Waals surface area contributed by atoms with E-state index in [1.807, 2.05) is 0 Å². The quantitative estimate of drug-likeness (QED) is 0.158. The Bertz CT molecular complexity index is 1920. The molecular formula is C34H29ClFeP2. The molecule has 4 heteroatoms. The van der Waals surface area contributed by atoms with Crippen molar-refractivity contribution >= 4 is 49.5 Å². The number of hydrogen-bond acceptors (Lipinski definition) is 0. The zero-order valence-corrected chi connectivity index (χ0v) is 24.5. The molecule has 0 aliphatic carbocycles. The number of hydrogen-bond donors (Lipinski definition) is 0. The Morgan fingerprint density at radius 3 is 0.842 bits per heavy atom. The molecule has 10 saturated heterocycles. The molecule has 10 aliphatic rings. The Kier molecular flexibility index (Phi) is 1.58. The number of halogens is 1. The third-order valence-electron chi connectivity index (χ3n) is 19.4. The second-order valence-electron chi connectivity index (χ2n) is 15.7. The van der Waals surface area contributed by atoms with E-state index in [1.54, 1.807) is 21.2 Å². The summed E-state index contributed by atoms with van der Waals surface area (Å²) < 4.78 is 1.60. The second kappa shape index (κ2) is 3.07. The summed E-state index contributed by atoms with van der Waals surface area (Å²) in [6, 6.07) is 48.0. The zero-order valence-electron chi connectivity index (χ0n) is 20.8. The van der Waals surface area contributed by atoms with Crippen LogP contribution in [0, 0.1) is 0 Å². The molecule has 1 spiro atoms. The van der Waals surface area contributed by atoms with E-state index in [0.29, 0.717) is 0 Å². The van der Waals surface area contributed by atoms with Gasteiger partial charge >= 0.3 is 212 Å². The van der Waals surface area contributed by atoms with Crippen LogP contribution < -0.4 is 21.2 Å². The zero-order chi connectivity index (χ0) is 23.5. The predicted octanol–water partition coefficient (Wildman–Crippen LogP) is 7.88. The van der Waals surface area contributed by atoms with Crippen LogP contribution in [0.25, 0.3) is 0 Å². The van der Waals surface area contributed by atoms with Crippen molar-refractivity contribution in [2.45, 2.75) is 46.6 Å². The average Bonchev–Trinajstić information content (AvgIpc) is 3.92. The minimum absolute atomic E-state index is 0. The first kappa shape index (κ1) is 19.6. The van der Waals surface area contributed by atoms with Gasteiger partial charge in [-0.15, -0.1) is 12.4 Å². The van der Waals surface area contributed by atoms with Gasteiger partial charge in [0, 0.05) is 0 Å². The van der Waals surface area contributed by atoms with Crippen LogP contribution in [0.3, 0.4) is 0 Å². The Labute approximate surface area is 222 Å². The van der Waals surface area contributed by atoms with Gasteiger partial charge in [0.2, 0.25) is 0 Å². The molecule has 0 aromatic heterocycles. The Morgan fingerprint density at radius 2 is 0.632 bits per heavy atom. The molecule has 4 aromatic carbocycles. The molecule has 10 aliphatic heterocycles. The van der Waals surface area contributed by atoms with Gasteiger partial charge in [0.1, 0.15) is 0 Å². The van der Waals surface area contributed by atoms with Gasteiger partial charge in [-0.05, 0) is 0 Å². The minimum atomic E-state index is -3.82. The van der Waals surface area contributed by atoms with Gasteiger partial charge in [0.05, 0.1) is 0 Å². The van der Waals surface area contributed by atoms with Crippen molar-refractivity contribution in [2.75, 3.05) is 0 Å². The maximum absolute atomic E-state index is 3.82. The van der Waals surface area contributed by atoms with Gasteiger partial charge in [-0.1, -0.05) is 0 Å². The van der Waals surface area contributed by atoms with Gasteiger partial charge in [-0.3, -0.25) is 0 Å². The first-order chi connectivity index (χ1) is 18.1. The van der Waals surface area contributed by atoms with E-state index in [-0.39, 0.29) is 28.3 Å². The van der Waals surface area contributed by atoms with Crippen molar-refractivity contribution in [2.24, 2.45) is 0 Å². The fourth-order valence-electron chi connectivity index (χ4n) is 20.9. The van der Waals surface area contributed by atoms with Crippen molar-refractivity contribution in [3.63, 3.8) is 0 Å². The normalized spacial score (nSPS) is 61.4. The monoisotopic (exact) mass is 590 g/mol. The molecule has 8 atom stereocenters. The molecule has 0 radical (unpaired) electrons. The molecule has 8 unspecified atom stereocenters. The second-order valence-corrected chi connectivity index (χ2v) is 44.6. The average molecular weight is 591 g/mol. The third kappa shape index (κ3) is 0.480. The van der Waals surface area contributed by atoms with E-state index in [9.17, 15) is 0 Å². The van der Waals surface area contributed by atoms with E-state index in [4.69, 9.17) is 0 Å². The summed E-state index contributed by atoms with van der Waals surface area (Å²) in [4.78, 5) is 10.1. The van der Waals surface area contributed by atoms with Crippen LogP contribution in [0.1, 0.15) is 0 Å². The van der Waals surface area contributed by atoms with Crippen LogP contribution in [0.4, 0.5) is 0 Å². The molecule has 190 valence electrons. The number of fused-ring (bicyclic) bond motifs is 10. The Morgan fingerprint density at radius 1 is 0.395 bits per heavy atom. The van der Waals surface area contributed by atoms with Crippen molar-refractivity contribution in [1.82, 2.24) is 0 Å². The SMILES string of the molecule is Cl.c1ccc(P(c2ccccc2)[C]23[CH]4[CH]5[CH]6[CH]2[Fe]56432789[CH]3[CH]2[CH]7[C]8(P(c2ccccc2)c2ccccc2)[CH]39)cc1. The predicted molar refractivity (Wildman–Crippen MR) is 161 cm³/mol. The van der Waals surface area contributed by atoms with Gasteiger partial charge in [0.25, 0.3) is 0 Å². The molecule has 0 bridgehead atoms. The van der Waals surface area contributed by atoms with Crippen molar-refractivity contribution in [3.8, 4) is 0 Å². The van der Waals surface area contributed by atoms with Gasteiger partial charge < -0.3 is 0 Å². The summed E-state index contributed by atoms with van der Waals surface area (Å²) in [5.41, 5.74) is 0. The summed E-state index contributed by atoms with van der Waals surface area (Å²) in [5, 5.41) is 6.87. The summed E-state index contributed by atoms with van der Waals surface area (Å²) in [5.74, 6) is 0. The molecule has 0 N–H and O–H groups in total. The van der Waals surface area contributed by atoms with Gasteiger partial charge in [0.15, 0.2) is 0 Å².